The van der Waals surface area contributed by atoms with Crippen molar-refractivity contribution in [2.75, 3.05) is 13.1 Å². The quantitative estimate of drug-likeness (QED) is 0.649. The van der Waals surface area contributed by atoms with E-state index in [9.17, 15) is 0 Å². The first-order valence-electron chi connectivity index (χ1n) is 8.85. The maximum absolute atomic E-state index is 6.34. The summed E-state index contributed by atoms with van der Waals surface area (Å²) in [6.45, 7) is 2.62. The maximum Gasteiger partial charge on any atom is 0.0772 e. The van der Waals surface area contributed by atoms with Crippen molar-refractivity contribution in [1.29, 1.82) is 0 Å². The van der Waals surface area contributed by atoms with Gasteiger partial charge in [-0.2, -0.15) is 0 Å². The van der Waals surface area contributed by atoms with Gasteiger partial charge in [-0.15, -0.1) is 0 Å². The van der Waals surface area contributed by atoms with Crippen molar-refractivity contribution in [3.05, 3.63) is 82.3 Å². The van der Waals surface area contributed by atoms with E-state index in [1.54, 1.807) is 0 Å². The maximum atomic E-state index is 6.34. The molecule has 0 bridgehead atoms. The van der Waals surface area contributed by atoms with Crippen LogP contribution in [0.2, 0.25) is 0 Å². The molecule has 0 aromatic heterocycles. The number of fused-ring (bicyclic) bond motifs is 1. The number of ether oxygens (including phenoxy) is 1. The zero-order valence-electron chi connectivity index (χ0n) is 14.1. The van der Waals surface area contributed by atoms with E-state index in [-0.39, 0.29) is 6.10 Å². The Kier molecular flexibility index (Phi) is 5.16. The van der Waals surface area contributed by atoms with Crippen molar-refractivity contribution < 1.29 is 4.74 Å². The monoisotopic (exact) mass is 395 g/mol. The molecule has 0 spiro atoms. The largest absolute Gasteiger partial charge is 0.372 e. The molecule has 1 aliphatic rings. The first-order valence-corrected chi connectivity index (χ1v) is 9.64. The van der Waals surface area contributed by atoms with Gasteiger partial charge in [-0.05, 0) is 53.1 Å². The molecule has 0 amide bonds. The van der Waals surface area contributed by atoms with Crippen LogP contribution in [0.3, 0.4) is 0 Å². The van der Waals surface area contributed by atoms with E-state index in [1.807, 2.05) is 0 Å². The van der Waals surface area contributed by atoms with Gasteiger partial charge in [0.2, 0.25) is 0 Å². The lowest BCUT2D eigenvalue weighted by molar-refractivity contribution is 0.0106. The molecular weight excluding hydrogens is 374 g/mol. The van der Waals surface area contributed by atoms with Gasteiger partial charge in [0.15, 0.2) is 0 Å². The van der Waals surface area contributed by atoms with Crippen LogP contribution in [0.1, 0.15) is 23.5 Å². The SMILES string of the molecule is Brc1ccc([C@H]2CCNC[C@@H]2OCc2ccc3ccccc3c2)cc1. The summed E-state index contributed by atoms with van der Waals surface area (Å²) >= 11 is 3.52. The standard InChI is InChI=1S/C22H22BrNO/c23-20-9-7-18(8-10-20)21-11-12-24-14-22(21)25-15-16-5-6-17-3-1-2-4-19(17)13-16/h1-10,13,21-22,24H,11-12,14-15H2/t21-,22+/m1/s1. The topological polar surface area (TPSA) is 21.3 Å². The Morgan fingerprint density at radius 2 is 1.76 bits per heavy atom. The number of hydrogen-bond donors (Lipinski definition) is 1. The first kappa shape index (κ1) is 16.8. The fourth-order valence-electron chi connectivity index (χ4n) is 3.63. The van der Waals surface area contributed by atoms with Crippen LogP contribution in [0.5, 0.6) is 0 Å². The average molecular weight is 396 g/mol. The van der Waals surface area contributed by atoms with E-state index < -0.39 is 0 Å². The molecule has 128 valence electrons. The molecule has 1 aliphatic heterocycles. The summed E-state index contributed by atoms with van der Waals surface area (Å²) in [7, 11) is 0. The van der Waals surface area contributed by atoms with Gasteiger partial charge in [-0.3, -0.25) is 0 Å². The van der Waals surface area contributed by atoms with Crippen LogP contribution in [-0.4, -0.2) is 19.2 Å². The minimum atomic E-state index is 0.210. The minimum Gasteiger partial charge on any atom is -0.372 e. The smallest absolute Gasteiger partial charge is 0.0772 e. The number of nitrogens with one attached hydrogen (secondary N) is 1. The Hall–Kier alpha value is -1.68. The minimum absolute atomic E-state index is 0.210. The normalized spacial score (nSPS) is 20.7. The molecule has 3 aromatic rings. The molecule has 1 saturated heterocycles. The zero-order valence-corrected chi connectivity index (χ0v) is 15.7. The van der Waals surface area contributed by atoms with Gasteiger partial charge in [0.25, 0.3) is 0 Å². The average Bonchev–Trinajstić information content (AvgIpc) is 2.67. The lowest BCUT2D eigenvalue weighted by atomic mass is 9.88. The molecule has 4 rings (SSSR count). The summed E-state index contributed by atoms with van der Waals surface area (Å²) < 4.78 is 7.46. The van der Waals surface area contributed by atoms with Gasteiger partial charge >= 0.3 is 0 Å². The highest BCUT2D eigenvalue weighted by Crippen LogP contribution is 2.29. The predicted octanol–water partition coefficient (Wildman–Crippen LogP) is 5.26. The highest BCUT2D eigenvalue weighted by atomic mass is 79.9. The van der Waals surface area contributed by atoms with Gasteiger partial charge in [0, 0.05) is 16.9 Å². The molecule has 1 fully saturated rings. The Morgan fingerprint density at radius 3 is 2.60 bits per heavy atom. The summed E-state index contributed by atoms with van der Waals surface area (Å²) in [5, 5.41) is 6.03. The van der Waals surface area contributed by atoms with Crippen molar-refractivity contribution in [1.82, 2.24) is 5.32 Å². The third-order valence-electron chi connectivity index (χ3n) is 5.00. The molecule has 0 aliphatic carbocycles. The first-order chi connectivity index (χ1) is 12.3. The van der Waals surface area contributed by atoms with Gasteiger partial charge in [0.1, 0.15) is 0 Å². The van der Waals surface area contributed by atoms with Crippen molar-refractivity contribution >= 4 is 26.7 Å². The Bertz CT molecular complexity index is 846. The molecular formula is C22H22BrNO. The van der Waals surface area contributed by atoms with Gasteiger partial charge < -0.3 is 10.1 Å². The van der Waals surface area contributed by atoms with E-state index in [1.165, 1.54) is 21.9 Å². The highest BCUT2D eigenvalue weighted by Gasteiger charge is 2.27. The number of halogens is 1. The van der Waals surface area contributed by atoms with E-state index in [2.05, 4.69) is 88.0 Å². The summed E-state index contributed by atoms with van der Waals surface area (Å²) in [6.07, 6.45) is 1.32. The Morgan fingerprint density at radius 1 is 0.960 bits per heavy atom. The highest BCUT2D eigenvalue weighted by molar-refractivity contribution is 9.10. The van der Waals surface area contributed by atoms with E-state index in [4.69, 9.17) is 4.74 Å². The Balaban J connectivity index is 1.48. The van der Waals surface area contributed by atoms with Crippen molar-refractivity contribution in [2.45, 2.75) is 25.0 Å². The van der Waals surface area contributed by atoms with Crippen LogP contribution in [0.4, 0.5) is 0 Å². The fourth-order valence-corrected chi connectivity index (χ4v) is 3.89. The van der Waals surface area contributed by atoms with E-state index in [0.29, 0.717) is 12.5 Å². The van der Waals surface area contributed by atoms with E-state index >= 15 is 0 Å². The Labute approximate surface area is 157 Å². The predicted molar refractivity (Wildman–Crippen MR) is 107 cm³/mol. The van der Waals surface area contributed by atoms with Crippen LogP contribution < -0.4 is 5.32 Å². The van der Waals surface area contributed by atoms with Gasteiger partial charge in [-0.1, -0.05) is 64.5 Å². The third-order valence-corrected chi connectivity index (χ3v) is 5.53. The van der Waals surface area contributed by atoms with Crippen LogP contribution in [-0.2, 0) is 11.3 Å². The summed E-state index contributed by atoms with van der Waals surface area (Å²) in [5.41, 5.74) is 2.60. The summed E-state index contributed by atoms with van der Waals surface area (Å²) in [5.74, 6) is 0.454. The van der Waals surface area contributed by atoms with Crippen molar-refractivity contribution in [3.8, 4) is 0 Å². The molecule has 2 atom stereocenters. The zero-order chi connectivity index (χ0) is 17.1. The number of piperidine rings is 1. The molecule has 25 heavy (non-hydrogen) atoms. The van der Waals surface area contributed by atoms with Crippen LogP contribution in [0.15, 0.2) is 71.2 Å². The second-order valence-corrected chi connectivity index (χ2v) is 7.60. The fraction of sp³-hybridized carbons (Fsp3) is 0.273. The van der Waals surface area contributed by atoms with Crippen LogP contribution >= 0.6 is 15.9 Å². The van der Waals surface area contributed by atoms with Gasteiger partial charge in [-0.25, -0.2) is 0 Å². The summed E-state index contributed by atoms with van der Waals surface area (Å²) in [4.78, 5) is 0. The van der Waals surface area contributed by atoms with Crippen LogP contribution in [0.25, 0.3) is 10.8 Å². The molecule has 0 unspecified atom stereocenters. The molecule has 1 N–H and O–H groups in total. The molecule has 0 saturated carbocycles. The second kappa shape index (κ2) is 7.69. The van der Waals surface area contributed by atoms with Crippen molar-refractivity contribution in [3.63, 3.8) is 0 Å². The lowest BCUT2D eigenvalue weighted by Crippen LogP contribution is -2.40. The molecule has 3 aromatic carbocycles. The van der Waals surface area contributed by atoms with Gasteiger partial charge in [0.05, 0.1) is 12.7 Å². The summed E-state index contributed by atoms with van der Waals surface area (Å²) in [6, 6.07) is 23.7. The number of hydrogen-bond acceptors (Lipinski definition) is 2. The molecule has 2 nitrogen and oxygen atoms in total. The molecule has 0 radical (unpaired) electrons. The third kappa shape index (κ3) is 3.95. The second-order valence-electron chi connectivity index (χ2n) is 6.68. The van der Waals surface area contributed by atoms with Crippen LogP contribution in [0, 0.1) is 0 Å². The van der Waals surface area contributed by atoms with Crippen molar-refractivity contribution in [2.24, 2.45) is 0 Å². The van der Waals surface area contributed by atoms with E-state index in [0.717, 1.165) is 24.0 Å². The number of benzene rings is 3. The molecule has 1 heterocycles. The lowest BCUT2D eigenvalue weighted by Gasteiger charge is -2.32. The molecule has 3 heteroatoms. The number of rotatable bonds is 4.